The number of primary amides is 1. The Kier molecular flexibility index (Phi) is 5.96. The van der Waals surface area contributed by atoms with E-state index in [1.54, 1.807) is 18.2 Å². The number of nitrogens with two attached hydrogens (primary N) is 1. The van der Waals surface area contributed by atoms with Crippen molar-refractivity contribution < 1.29 is 22.7 Å². The van der Waals surface area contributed by atoms with Crippen molar-refractivity contribution in [2.45, 2.75) is 29.9 Å². The molecule has 1 aromatic heterocycles. The molecule has 1 saturated heterocycles. The number of aromatic nitrogens is 1. The number of aromatic amines is 1. The first kappa shape index (κ1) is 23.0. The van der Waals surface area contributed by atoms with Gasteiger partial charge in [-0.2, -0.15) is 4.31 Å². The van der Waals surface area contributed by atoms with E-state index < -0.39 is 22.0 Å². The Morgan fingerprint density at radius 2 is 2.00 bits per heavy atom. The number of H-pyrrole nitrogens is 1. The number of benzene rings is 2. The number of carbonyl (C=O) groups is 2. The molecular formula is C23H23BrN4O5S. The molecular weight excluding hydrogens is 524 g/mol. The van der Waals surface area contributed by atoms with Gasteiger partial charge in [0.2, 0.25) is 10.0 Å². The number of rotatable bonds is 5. The van der Waals surface area contributed by atoms with E-state index in [2.05, 4.69) is 26.2 Å². The van der Waals surface area contributed by atoms with Gasteiger partial charge in [0.25, 0.3) is 11.8 Å². The zero-order valence-corrected chi connectivity index (χ0v) is 20.5. The van der Waals surface area contributed by atoms with Gasteiger partial charge >= 0.3 is 0 Å². The Labute approximate surface area is 204 Å². The average molecular weight is 547 g/mol. The number of hydrogen-bond acceptors (Lipinski definition) is 5. The minimum absolute atomic E-state index is 0.0521. The third-order valence-electron chi connectivity index (χ3n) is 6.33. The van der Waals surface area contributed by atoms with Crippen molar-refractivity contribution >= 4 is 48.7 Å². The molecule has 0 radical (unpaired) electrons. The molecule has 2 unspecified atom stereocenters. The molecule has 34 heavy (non-hydrogen) atoms. The number of halogens is 1. The highest BCUT2D eigenvalue weighted by atomic mass is 79.9. The van der Waals surface area contributed by atoms with Gasteiger partial charge in [0, 0.05) is 28.5 Å². The molecule has 5 rings (SSSR count). The maximum Gasteiger partial charge on any atom is 0.266 e. The summed E-state index contributed by atoms with van der Waals surface area (Å²) < 4.78 is 34.8. The van der Waals surface area contributed by atoms with Crippen molar-refractivity contribution in [3.8, 4) is 0 Å². The maximum atomic E-state index is 13.7. The summed E-state index contributed by atoms with van der Waals surface area (Å²) in [7, 11) is -4.16. The van der Waals surface area contributed by atoms with Crippen LogP contribution in [0.2, 0.25) is 0 Å². The van der Waals surface area contributed by atoms with Crippen molar-refractivity contribution in [1.29, 1.82) is 0 Å². The quantitative estimate of drug-likeness (QED) is 0.451. The molecule has 0 spiro atoms. The fourth-order valence-corrected chi connectivity index (χ4v) is 6.81. The molecule has 2 heterocycles. The molecule has 2 atom stereocenters. The number of ether oxygens (including phenoxy) is 1. The van der Waals surface area contributed by atoms with E-state index in [0.717, 1.165) is 18.4 Å². The van der Waals surface area contributed by atoms with E-state index in [1.165, 1.54) is 9.87 Å². The Morgan fingerprint density at radius 1 is 1.21 bits per heavy atom. The number of aryl methyl sites for hydroxylation is 1. The molecule has 0 saturated carbocycles. The van der Waals surface area contributed by atoms with Gasteiger partial charge in [0.15, 0.2) is 0 Å². The van der Waals surface area contributed by atoms with Crippen LogP contribution < -0.4 is 11.1 Å². The van der Waals surface area contributed by atoms with Crippen molar-refractivity contribution in [2.75, 3.05) is 19.7 Å². The van der Waals surface area contributed by atoms with Crippen LogP contribution in [0.25, 0.3) is 10.9 Å². The number of nitrogens with zero attached hydrogens (tertiary/aromatic N) is 1. The normalized spacial score (nSPS) is 20.9. The van der Waals surface area contributed by atoms with Gasteiger partial charge in [-0.1, -0.05) is 40.2 Å². The van der Waals surface area contributed by atoms with Crippen molar-refractivity contribution in [1.82, 2.24) is 14.6 Å². The highest BCUT2D eigenvalue weighted by Gasteiger charge is 2.38. The Hall–Kier alpha value is -2.73. The summed E-state index contributed by atoms with van der Waals surface area (Å²) in [6.07, 6.45) is 0.691. The van der Waals surface area contributed by atoms with Crippen LogP contribution in [0.15, 0.2) is 51.8 Å². The number of hydrogen-bond donors (Lipinski definition) is 3. The van der Waals surface area contributed by atoms with Crippen molar-refractivity contribution in [3.05, 3.63) is 63.8 Å². The molecule has 4 N–H and O–H groups in total. The molecule has 9 nitrogen and oxygen atoms in total. The van der Waals surface area contributed by atoms with Crippen molar-refractivity contribution in [2.24, 2.45) is 5.73 Å². The second-order valence-corrected chi connectivity index (χ2v) is 11.2. The number of sulfonamides is 1. The van der Waals surface area contributed by atoms with E-state index in [0.29, 0.717) is 15.4 Å². The van der Waals surface area contributed by atoms with Gasteiger partial charge in [0.1, 0.15) is 16.7 Å². The molecule has 1 fully saturated rings. The van der Waals surface area contributed by atoms with E-state index in [4.69, 9.17) is 10.5 Å². The lowest BCUT2D eigenvalue weighted by molar-refractivity contribution is -0.137. The highest BCUT2D eigenvalue weighted by molar-refractivity contribution is 9.10. The topological polar surface area (TPSA) is 135 Å². The van der Waals surface area contributed by atoms with E-state index in [-0.39, 0.29) is 42.2 Å². The molecule has 178 valence electrons. The summed E-state index contributed by atoms with van der Waals surface area (Å²) in [5.74, 6) is -1.24. The molecule has 1 aliphatic carbocycles. The molecule has 3 aromatic rings. The first-order chi connectivity index (χ1) is 16.3. The Bertz CT molecular complexity index is 1400. The van der Waals surface area contributed by atoms with Crippen LogP contribution in [0.1, 0.15) is 34.1 Å². The van der Waals surface area contributed by atoms with Gasteiger partial charge in [-0.15, -0.1) is 0 Å². The predicted molar refractivity (Wildman–Crippen MR) is 129 cm³/mol. The minimum Gasteiger partial charge on any atom is -0.366 e. The van der Waals surface area contributed by atoms with Crippen LogP contribution in [0.3, 0.4) is 0 Å². The average Bonchev–Trinajstić information content (AvgIpc) is 3.41. The van der Waals surface area contributed by atoms with Crippen molar-refractivity contribution in [3.63, 3.8) is 0 Å². The van der Waals surface area contributed by atoms with Gasteiger partial charge in [-0.3, -0.25) is 9.59 Å². The molecule has 0 bridgehead atoms. The number of amides is 2. The molecule has 2 aliphatic rings. The minimum atomic E-state index is -4.16. The third kappa shape index (κ3) is 4.02. The Balaban J connectivity index is 1.41. The second-order valence-electron chi connectivity index (χ2n) is 8.40. The summed E-state index contributed by atoms with van der Waals surface area (Å²) in [6.45, 7) is -0.0603. The van der Waals surface area contributed by atoms with Gasteiger partial charge in [-0.05, 0) is 42.2 Å². The lowest BCUT2D eigenvalue weighted by Crippen LogP contribution is -2.52. The lowest BCUT2D eigenvalue weighted by atomic mass is 10.1. The second kappa shape index (κ2) is 8.81. The Morgan fingerprint density at radius 3 is 2.79 bits per heavy atom. The zero-order valence-electron chi connectivity index (χ0n) is 18.1. The van der Waals surface area contributed by atoms with Crippen LogP contribution in [-0.4, -0.2) is 55.3 Å². The SMILES string of the molecule is NC(=O)c1[nH]c2ccc(Br)cc2c1S(=O)(=O)N1CCOC(C(=O)NC2CCc3ccccc32)C1. The number of fused-ring (bicyclic) bond motifs is 2. The summed E-state index contributed by atoms with van der Waals surface area (Å²) in [6, 6.07) is 12.8. The van der Waals surface area contributed by atoms with E-state index >= 15 is 0 Å². The standard InChI is InChI=1S/C23H23BrN4O5S/c24-14-6-8-18-16(11-14)21(20(26-18)22(25)29)34(31,32)28-9-10-33-19(12-28)23(30)27-17-7-5-13-3-1-2-4-15(13)17/h1-4,6,8,11,17,19,26H,5,7,9-10,12H2,(H2,25,29)(H,27,30). The van der Waals surface area contributed by atoms with Gasteiger partial charge in [-0.25, -0.2) is 8.42 Å². The number of nitrogens with one attached hydrogen (secondary N) is 2. The first-order valence-electron chi connectivity index (χ1n) is 10.9. The molecule has 11 heteroatoms. The first-order valence-corrected chi connectivity index (χ1v) is 13.1. The van der Waals surface area contributed by atoms with E-state index in [1.807, 2.05) is 24.3 Å². The van der Waals surface area contributed by atoms with Gasteiger partial charge in [0.05, 0.1) is 12.6 Å². The smallest absolute Gasteiger partial charge is 0.266 e. The fraction of sp³-hybridized carbons (Fsp3) is 0.304. The van der Waals surface area contributed by atoms with Crippen LogP contribution in [-0.2, 0) is 26.0 Å². The van der Waals surface area contributed by atoms with Crippen LogP contribution in [0.4, 0.5) is 0 Å². The maximum absolute atomic E-state index is 13.7. The number of morpholine rings is 1. The summed E-state index contributed by atoms with van der Waals surface area (Å²) in [5, 5.41) is 3.35. The summed E-state index contributed by atoms with van der Waals surface area (Å²) in [5.41, 5.74) is 8.05. The molecule has 2 aromatic carbocycles. The van der Waals surface area contributed by atoms with Crippen LogP contribution >= 0.6 is 15.9 Å². The lowest BCUT2D eigenvalue weighted by Gasteiger charge is -2.32. The van der Waals surface area contributed by atoms with Crippen LogP contribution in [0.5, 0.6) is 0 Å². The van der Waals surface area contributed by atoms with Crippen LogP contribution in [0, 0.1) is 0 Å². The monoisotopic (exact) mass is 546 g/mol. The molecule has 2 amide bonds. The fourth-order valence-electron chi connectivity index (χ4n) is 4.68. The number of carbonyl (C=O) groups excluding carboxylic acids is 2. The third-order valence-corrected chi connectivity index (χ3v) is 8.77. The summed E-state index contributed by atoms with van der Waals surface area (Å²) >= 11 is 3.35. The van der Waals surface area contributed by atoms with E-state index in [9.17, 15) is 18.0 Å². The summed E-state index contributed by atoms with van der Waals surface area (Å²) in [4.78, 5) is 27.7. The predicted octanol–water partition coefficient (Wildman–Crippen LogP) is 2.22. The van der Waals surface area contributed by atoms with Gasteiger partial charge < -0.3 is 20.8 Å². The zero-order chi connectivity index (χ0) is 24.0. The highest BCUT2D eigenvalue weighted by Crippen LogP contribution is 2.33. The largest absolute Gasteiger partial charge is 0.366 e. The molecule has 1 aliphatic heterocycles.